The molecule has 0 radical (unpaired) electrons. The minimum Gasteiger partial charge on any atom is -0.343 e. The first-order valence-electron chi connectivity index (χ1n) is 9.31. The third-order valence-corrected chi connectivity index (χ3v) is 5.04. The lowest BCUT2D eigenvalue weighted by Crippen LogP contribution is -2.31. The molecule has 1 aliphatic rings. The molecule has 5 nitrogen and oxygen atoms in total. The monoisotopic (exact) mass is 389 g/mol. The van der Waals surface area contributed by atoms with Crippen molar-refractivity contribution in [1.29, 1.82) is 0 Å². The SMILES string of the molecule is CN(c1ccccc1)c1ccccc1NC(=O)C1CC(=O)Nc2cc(F)ccc21. The Balaban J connectivity index is 1.63. The molecule has 2 amide bonds. The minimum atomic E-state index is -0.686. The van der Waals surface area contributed by atoms with Gasteiger partial charge in [-0.15, -0.1) is 0 Å². The highest BCUT2D eigenvalue weighted by molar-refractivity contribution is 6.06. The van der Waals surface area contributed by atoms with Gasteiger partial charge in [0.25, 0.3) is 0 Å². The molecule has 3 aromatic carbocycles. The molecular formula is C23H20FN3O2. The fourth-order valence-electron chi connectivity index (χ4n) is 3.55. The highest BCUT2D eigenvalue weighted by Gasteiger charge is 2.31. The second-order valence-corrected chi connectivity index (χ2v) is 6.94. The van der Waals surface area contributed by atoms with Crippen LogP contribution in [-0.2, 0) is 9.59 Å². The molecule has 4 rings (SSSR count). The molecule has 0 aromatic heterocycles. The van der Waals surface area contributed by atoms with Crippen LogP contribution in [0.25, 0.3) is 0 Å². The van der Waals surface area contributed by atoms with Gasteiger partial charge in [-0.25, -0.2) is 4.39 Å². The van der Waals surface area contributed by atoms with E-state index in [-0.39, 0.29) is 18.2 Å². The second kappa shape index (κ2) is 7.75. The average Bonchev–Trinajstić information content (AvgIpc) is 2.73. The van der Waals surface area contributed by atoms with Crippen LogP contribution in [0.15, 0.2) is 72.8 Å². The van der Waals surface area contributed by atoms with Crippen molar-refractivity contribution >= 4 is 34.6 Å². The summed E-state index contributed by atoms with van der Waals surface area (Å²) in [6, 6.07) is 21.4. The number of carbonyl (C=O) groups excluding carboxylic acids is 2. The Morgan fingerprint density at radius 3 is 2.59 bits per heavy atom. The van der Waals surface area contributed by atoms with Crippen molar-refractivity contribution in [2.45, 2.75) is 12.3 Å². The van der Waals surface area contributed by atoms with Crippen LogP contribution in [0.2, 0.25) is 0 Å². The molecule has 0 bridgehead atoms. The molecule has 2 N–H and O–H groups in total. The predicted octanol–water partition coefficient (Wildman–Crippen LogP) is 4.66. The Kier molecular flexibility index (Phi) is 4.99. The van der Waals surface area contributed by atoms with E-state index >= 15 is 0 Å². The third kappa shape index (κ3) is 3.82. The van der Waals surface area contributed by atoms with Gasteiger partial charge in [-0.05, 0) is 42.0 Å². The molecule has 6 heteroatoms. The van der Waals surface area contributed by atoms with E-state index in [1.165, 1.54) is 12.1 Å². The number of nitrogens with zero attached hydrogens (tertiary/aromatic N) is 1. The molecule has 1 heterocycles. The van der Waals surface area contributed by atoms with Gasteiger partial charge in [-0.3, -0.25) is 9.59 Å². The molecule has 29 heavy (non-hydrogen) atoms. The molecule has 0 spiro atoms. The number of halogens is 1. The van der Waals surface area contributed by atoms with E-state index in [2.05, 4.69) is 10.6 Å². The smallest absolute Gasteiger partial charge is 0.232 e. The quantitative estimate of drug-likeness (QED) is 0.682. The summed E-state index contributed by atoms with van der Waals surface area (Å²) in [4.78, 5) is 27.1. The second-order valence-electron chi connectivity index (χ2n) is 6.94. The first-order chi connectivity index (χ1) is 14.0. The summed E-state index contributed by atoms with van der Waals surface area (Å²) in [6.45, 7) is 0. The van der Waals surface area contributed by atoms with Gasteiger partial charge in [-0.1, -0.05) is 36.4 Å². The highest BCUT2D eigenvalue weighted by Crippen LogP contribution is 2.35. The number of anilines is 4. The summed E-state index contributed by atoms with van der Waals surface area (Å²) in [5.41, 5.74) is 3.39. The third-order valence-electron chi connectivity index (χ3n) is 5.04. The van der Waals surface area contributed by atoms with Crippen LogP contribution >= 0.6 is 0 Å². The van der Waals surface area contributed by atoms with Crippen LogP contribution in [0.1, 0.15) is 17.9 Å². The first-order valence-corrected chi connectivity index (χ1v) is 9.31. The van der Waals surface area contributed by atoms with Crippen LogP contribution in [0.5, 0.6) is 0 Å². The van der Waals surface area contributed by atoms with Gasteiger partial charge in [0.2, 0.25) is 11.8 Å². The first kappa shape index (κ1) is 18.7. The van der Waals surface area contributed by atoms with Crippen molar-refractivity contribution < 1.29 is 14.0 Å². The molecule has 0 saturated heterocycles. The Hall–Kier alpha value is -3.67. The summed E-state index contributed by atoms with van der Waals surface area (Å²) >= 11 is 0. The van der Waals surface area contributed by atoms with Gasteiger partial charge in [0.05, 0.1) is 17.3 Å². The Morgan fingerprint density at radius 2 is 1.79 bits per heavy atom. The van der Waals surface area contributed by atoms with Gasteiger partial charge >= 0.3 is 0 Å². The number of rotatable bonds is 4. The number of fused-ring (bicyclic) bond motifs is 1. The van der Waals surface area contributed by atoms with E-state index in [1.807, 2.05) is 66.5 Å². The normalized spacial score (nSPS) is 15.2. The van der Waals surface area contributed by atoms with E-state index in [9.17, 15) is 14.0 Å². The molecule has 1 aliphatic heterocycles. The van der Waals surface area contributed by atoms with Crippen LogP contribution in [0.3, 0.4) is 0 Å². The van der Waals surface area contributed by atoms with E-state index < -0.39 is 11.7 Å². The summed E-state index contributed by atoms with van der Waals surface area (Å²) in [7, 11) is 1.92. The van der Waals surface area contributed by atoms with Crippen LogP contribution in [0.4, 0.5) is 27.1 Å². The zero-order chi connectivity index (χ0) is 20.4. The van der Waals surface area contributed by atoms with Gasteiger partial charge < -0.3 is 15.5 Å². The fourth-order valence-corrected chi connectivity index (χ4v) is 3.55. The van der Waals surface area contributed by atoms with Crippen molar-refractivity contribution in [3.63, 3.8) is 0 Å². The van der Waals surface area contributed by atoms with E-state index in [4.69, 9.17) is 0 Å². The molecular weight excluding hydrogens is 369 g/mol. The average molecular weight is 389 g/mol. The lowest BCUT2D eigenvalue weighted by Gasteiger charge is -2.27. The lowest BCUT2D eigenvalue weighted by atomic mass is 9.89. The number of nitrogens with one attached hydrogen (secondary N) is 2. The minimum absolute atomic E-state index is 0.0150. The number of carbonyl (C=O) groups is 2. The van der Waals surface area contributed by atoms with Crippen molar-refractivity contribution in [2.24, 2.45) is 0 Å². The Bertz CT molecular complexity index is 1070. The lowest BCUT2D eigenvalue weighted by molar-refractivity contribution is -0.123. The number of amides is 2. The van der Waals surface area contributed by atoms with Gasteiger partial charge in [0, 0.05) is 24.8 Å². The molecule has 3 aromatic rings. The zero-order valence-electron chi connectivity index (χ0n) is 15.9. The summed E-state index contributed by atoms with van der Waals surface area (Å²) in [5.74, 6) is -1.76. The maximum absolute atomic E-state index is 13.5. The fraction of sp³-hybridized carbons (Fsp3) is 0.130. The molecule has 1 unspecified atom stereocenters. The van der Waals surface area contributed by atoms with E-state index in [0.29, 0.717) is 16.9 Å². The number of benzene rings is 3. The number of hydrogen-bond donors (Lipinski definition) is 2. The van der Waals surface area contributed by atoms with E-state index in [0.717, 1.165) is 11.4 Å². The van der Waals surface area contributed by atoms with E-state index in [1.54, 1.807) is 6.07 Å². The molecule has 0 fully saturated rings. The van der Waals surface area contributed by atoms with Crippen LogP contribution in [-0.4, -0.2) is 18.9 Å². The molecule has 1 atom stereocenters. The summed E-state index contributed by atoms with van der Waals surface area (Å²) in [5, 5.41) is 5.59. The van der Waals surface area contributed by atoms with Crippen LogP contribution < -0.4 is 15.5 Å². The molecule has 146 valence electrons. The maximum atomic E-state index is 13.5. The van der Waals surface area contributed by atoms with Gasteiger partial charge in [0.15, 0.2) is 0 Å². The topological polar surface area (TPSA) is 61.4 Å². The molecule has 0 aliphatic carbocycles. The van der Waals surface area contributed by atoms with Crippen molar-refractivity contribution in [3.05, 3.63) is 84.2 Å². The van der Waals surface area contributed by atoms with Crippen LogP contribution in [0, 0.1) is 5.82 Å². The van der Waals surface area contributed by atoms with Gasteiger partial charge in [-0.2, -0.15) is 0 Å². The standard InChI is InChI=1S/C23H20FN3O2/c1-27(16-7-3-2-4-8-16)21-10-6-5-9-19(21)26-23(29)18-14-22(28)25-20-13-15(24)11-12-17(18)20/h2-13,18H,14H2,1H3,(H,25,28)(H,26,29). The largest absolute Gasteiger partial charge is 0.343 e. The summed E-state index contributed by atoms with van der Waals surface area (Å²) < 4.78 is 13.5. The van der Waals surface area contributed by atoms with Crippen molar-refractivity contribution in [2.75, 3.05) is 22.6 Å². The Labute approximate surface area is 168 Å². The Morgan fingerprint density at radius 1 is 1.07 bits per heavy atom. The number of para-hydroxylation sites is 3. The number of hydrogen-bond acceptors (Lipinski definition) is 3. The maximum Gasteiger partial charge on any atom is 0.232 e. The van der Waals surface area contributed by atoms with Crippen molar-refractivity contribution in [3.8, 4) is 0 Å². The van der Waals surface area contributed by atoms with Gasteiger partial charge in [0.1, 0.15) is 5.82 Å². The predicted molar refractivity (Wildman–Crippen MR) is 112 cm³/mol. The summed E-state index contributed by atoms with van der Waals surface area (Å²) in [6.07, 6.45) is 0.0150. The molecule has 0 saturated carbocycles. The van der Waals surface area contributed by atoms with Crippen molar-refractivity contribution in [1.82, 2.24) is 0 Å². The zero-order valence-corrected chi connectivity index (χ0v) is 15.9. The highest BCUT2D eigenvalue weighted by atomic mass is 19.1.